The number of hydrogen-bond acceptors (Lipinski definition) is 5. The summed E-state index contributed by atoms with van der Waals surface area (Å²) in [5.74, 6) is -0.398. The Morgan fingerprint density at radius 2 is 2.10 bits per heavy atom. The van der Waals surface area contributed by atoms with Crippen molar-refractivity contribution in [3.05, 3.63) is 52.6 Å². The molecule has 0 aliphatic carbocycles. The number of amides is 1. The SMILES string of the molecule is Cc1c(C(=O)N2CCCC(c3nc(-c4cccs4)cc(C(F)(F)F)n3)C2)cnn1C. The highest BCUT2D eigenvalue weighted by molar-refractivity contribution is 7.13. The minimum absolute atomic E-state index is 0.133. The number of rotatable bonds is 3. The molecule has 1 aliphatic heterocycles. The Morgan fingerprint density at radius 3 is 2.73 bits per heavy atom. The lowest BCUT2D eigenvalue weighted by Crippen LogP contribution is -2.39. The van der Waals surface area contributed by atoms with Gasteiger partial charge in [-0.05, 0) is 37.3 Å². The van der Waals surface area contributed by atoms with Crippen LogP contribution in [0, 0.1) is 6.92 Å². The Bertz CT molecular complexity index is 1060. The van der Waals surface area contributed by atoms with Crippen LogP contribution in [0.1, 0.15) is 46.3 Å². The van der Waals surface area contributed by atoms with Crippen LogP contribution < -0.4 is 0 Å². The lowest BCUT2D eigenvalue weighted by molar-refractivity contribution is -0.141. The van der Waals surface area contributed by atoms with E-state index in [1.807, 2.05) is 6.92 Å². The first-order valence-corrected chi connectivity index (χ1v) is 10.4. The van der Waals surface area contributed by atoms with E-state index < -0.39 is 11.9 Å². The van der Waals surface area contributed by atoms with Crippen molar-refractivity contribution in [2.24, 2.45) is 7.05 Å². The summed E-state index contributed by atoms with van der Waals surface area (Å²) in [6.07, 6.45) is -1.75. The maximum atomic E-state index is 13.5. The molecule has 0 aromatic carbocycles. The minimum Gasteiger partial charge on any atom is -0.338 e. The average Bonchev–Trinajstić information content (AvgIpc) is 3.38. The first-order valence-electron chi connectivity index (χ1n) is 9.52. The van der Waals surface area contributed by atoms with E-state index in [2.05, 4.69) is 15.1 Å². The summed E-state index contributed by atoms with van der Waals surface area (Å²) < 4.78 is 42.0. The second-order valence-corrected chi connectivity index (χ2v) is 8.28. The topological polar surface area (TPSA) is 63.9 Å². The Hall–Kier alpha value is -2.75. The molecule has 1 atom stereocenters. The number of hydrogen-bond donors (Lipinski definition) is 0. The van der Waals surface area contributed by atoms with Crippen LogP contribution in [0.25, 0.3) is 10.6 Å². The van der Waals surface area contributed by atoms with E-state index in [1.165, 1.54) is 17.5 Å². The van der Waals surface area contributed by atoms with Gasteiger partial charge in [0.2, 0.25) is 0 Å². The first kappa shape index (κ1) is 20.5. The van der Waals surface area contributed by atoms with Gasteiger partial charge >= 0.3 is 6.18 Å². The molecule has 0 bridgehead atoms. The van der Waals surface area contributed by atoms with Gasteiger partial charge in [0.15, 0.2) is 0 Å². The maximum Gasteiger partial charge on any atom is 0.433 e. The molecule has 1 amide bonds. The number of carbonyl (C=O) groups is 1. The van der Waals surface area contributed by atoms with E-state index >= 15 is 0 Å². The summed E-state index contributed by atoms with van der Waals surface area (Å²) in [6, 6.07) is 4.49. The molecule has 0 saturated carbocycles. The molecule has 0 N–H and O–H groups in total. The van der Waals surface area contributed by atoms with Crippen molar-refractivity contribution in [3.63, 3.8) is 0 Å². The van der Waals surface area contributed by atoms with Crippen molar-refractivity contribution in [1.29, 1.82) is 0 Å². The molecule has 3 aromatic rings. The van der Waals surface area contributed by atoms with Gasteiger partial charge in [-0.25, -0.2) is 9.97 Å². The fourth-order valence-corrected chi connectivity index (χ4v) is 4.28. The molecule has 4 rings (SSSR count). The Labute approximate surface area is 175 Å². The van der Waals surface area contributed by atoms with E-state index in [0.29, 0.717) is 29.8 Å². The second-order valence-electron chi connectivity index (χ2n) is 7.33. The lowest BCUT2D eigenvalue weighted by Gasteiger charge is -2.32. The van der Waals surface area contributed by atoms with Gasteiger partial charge in [-0.2, -0.15) is 18.3 Å². The molecule has 1 fully saturated rings. The van der Waals surface area contributed by atoms with Gasteiger partial charge in [0.25, 0.3) is 5.91 Å². The van der Waals surface area contributed by atoms with Gasteiger partial charge in [0.1, 0.15) is 11.5 Å². The van der Waals surface area contributed by atoms with Crippen molar-refractivity contribution in [2.45, 2.75) is 31.9 Å². The quantitative estimate of drug-likeness (QED) is 0.616. The monoisotopic (exact) mass is 435 g/mol. The summed E-state index contributed by atoms with van der Waals surface area (Å²) >= 11 is 1.33. The van der Waals surface area contributed by atoms with Gasteiger partial charge in [0, 0.05) is 31.7 Å². The number of nitrogens with zero attached hydrogens (tertiary/aromatic N) is 5. The van der Waals surface area contributed by atoms with Crippen LogP contribution in [0.5, 0.6) is 0 Å². The molecule has 30 heavy (non-hydrogen) atoms. The zero-order valence-electron chi connectivity index (χ0n) is 16.5. The summed E-state index contributed by atoms with van der Waals surface area (Å²) in [5, 5.41) is 5.90. The smallest absolute Gasteiger partial charge is 0.338 e. The van der Waals surface area contributed by atoms with Gasteiger partial charge in [0.05, 0.1) is 22.3 Å². The normalized spacial score (nSPS) is 17.4. The standard InChI is InChI=1S/C20H20F3N5OS/c1-12-14(10-24-27(12)2)19(29)28-7-3-5-13(11-28)18-25-15(16-6-4-8-30-16)9-17(26-18)20(21,22)23/h4,6,8-10,13H,3,5,7,11H2,1-2H3. The zero-order chi connectivity index (χ0) is 21.5. The predicted molar refractivity (Wildman–Crippen MR) is 106 cm³/mol. The summed E-state index contributed by atoms with van der Waals surface area (Å²) in [4.78, 5) is 23.5. The van der Waals surface area contributed by atoms with E-state index in [9.17, 15) is 18.0 Å². The van der Waals surface area contributed by atoms with Gasteiger partial charge in [-0.1, -0.05) is 6.07 Å². The van der Waals surface area contributed by atoms with Crippen LogP contribution >= 0.6 is 11.3 Å². The lowest BCUT2D eigenvalue weighted by atomic mass is 9.96. The van der Waals surface area contributed by atoms with Crippen LogP contribution in [-0.2, 0) is 13.2 Å². The number of halogens is 3. The number of likely N-dealkylation sites (tertiary alicyclic amines) is 1. The summed E-state index contributed by atoms with van der Waals surface area (Å²) in [6.45, 7) is 2.63. The van der Waals surface area contributed by atoms with Crippen LogP contribution in [0.3, 0.4) is 0 Å². The van der Waals surface area contributed by atoms with Gasteiger partial charge in [-0.3, -0.25) is 9.48 Å². The van der Waals surface area contributed by atoms with Gasteiger partial charge in [-0.15, -0.1) is 11.3 Å². The fraction of sp³-hybridized carbons (Fsp3) is 0.400. The number of piperidine rings is 1. The molecule has 0 radical (unpaired) electrons. The van der Waals surface area contributed by atoms with Crippen molar-refractivity contribution < 1.29 is 18.0 Å². The first-order chi connectivity index (χ1) is 14.2. The number of carbonyl (C=O) groups excluding carboxylic acids is 1. The van der Waals surface area contributed by atoms with E-state index in [-0.39, 0.29) is 29.9 Å². The van der Waals surface area contributed by atoms with E-state index in [0.717, 1.165) is 11.8 Å². The van der Waals surface area contributed by atoms with E-state index in [4.69, 9.17) is 0 Å². The second kappa shape index (κ2) is 7.82. The molecule has 3 aromatic heterocycles. The summed E-state index contributed by atoms with van der Waals surface area (Å²) in [7, 11) is 1.76. The molecular formula is C20H20F3N5OS. The fourth-order valence-electron chi connectivity index (χ4n) is 3.60. The maximum absolute atomic E-state index is 13.5. The Morgan fingerprint density at radius 1 is 1.30 bits per heavy atom. The van der Waals surface area contributed by atoms with Crippen molar-refractivity contribution >= 4 is 17.2 Å². The minimum atomic E-state index is -4.57. The molecule has 158 valence electrons. The molecular weight excluding hydrogens is 415 g/mol. The third-order valence-corrected chi connectivity index (χ3v) is 6.24. The van der Waals surface area contributed by atoms with Crippen LogP contribution in [0.15, 0.2) is 29.8 Å². The molecule has 4 heterocycles. The molecule has 0 spiro atoms. The Balaban J connectivity index is 1.65. The Kier molecular flexibility index (Phi) is 5.35. The average molecular weight is 435 g/mol. The van der Waals surface area contributed by atoms with Gasteiger partial charge < -0.3 is 4.90 Å². The largest absolute Gasteiger partial charge is 0.433 e. The molecule has 6 nitrogen and oxygen atoms in total. The van der Waals surface area contributed by atoms with Crippen molar-refractivity contribution in [3.8, 4) is 10.6 Å². The van der Waals surface area contributed by atoms with E-state index in [1.54, 1.807) is 34.1 Å². The predicted octanol–water partition coefficient (Wildman–Crippen LogP) is 4.29. The third-order valence-electron chi connectivity index (χ3n) is 5.35. The molecule has 1 saturated heterocycles. The van der Waals surface area contributed by atoms with Crippen LogP contribution in [0.2, 0.25) is 0 Å². The number of aryl methyl sites for hydroxylation is 1. The van der Waals surface area contributed by atoms with Crippen molar-refractivity contribution in [1.82, 2.24) is 24.6 Å². The third kappa shape index (κ3) is 3.96. The number of aromatic nitrogens is 4. The van der Waals surface area contributed by atoms with Crippen LogP contribution in [0.4, 0.5) is 13.2 Å². The molecule has 1 aliphatic rings. The van der Waals surface area contributed by atoms with Crippen LogP contribution in [-0.4, -0.2) is 43.6 Å². The highest BCUT2D eigenvalue weighted by Gasteiger charge is 2.36. The highest BCUT2D eigenvalue weighted by atomic mass is 32.1. The van der Waals surface area contributed by atoms with Crippen molar-refractivity contribution in [2.75, 3.05) is 13.1 Å². The molecule has 1 unspecified atom stereocenters. The summed E-state index contributed by atoms with van der Waals surface area (Å²) in [5.41, 5.74) is 0.552. The number of thiophene rings is 1. The zero-order valence-corrected chi connectivity index (χ0v) is 17.3. The number of alkyl halides is 3. The highest BCUT2D eigenvalue weighted by Crippen LogP contribution is 2.34. The molecule has 10 heteroatoms.